The minimum absolute atomic E-state index is 0.150. The first-order valence-electron chi connectivity index (χ1n) is 11.8. The highest BCUT2D eigenvalue weighted by atomic mass is 35.5. The highest BCUT2D eigenvalue weighted by Crippen LogP contribution is 2.39. The van der Waals surface area contributed by atoms with Crippen molar-refractivity contribution in [2.45, 2.75) is 43.8 Å². The van der Waals surface area contributed by atoms with E-state index in [-0.39, 0.29) is 5.54 Å². The molecule has 174 valence electrons. The molecule has 0 spiro atoms. The van der Waals surface area contributed by atoms with Crippen molar-refractivity contribution in [2.75, 3.05) is 36.5 Å². The van der Waals surface area contributed by atoms with E-state index in [1.165, 1.54) is 5.56 Å². The van der Waals surface area contributed by atoms with Crippen LogP contribution in [0.25, 0.3) is 10.8 Å². The predicted molar refractivity (Wildman–Crippen MR) is 134 cm³/mol. The van der Waals surface area contributed by atoms with Gasteiger partial charge in [-0.15, -0.1) is 0 Å². The van der Waals surface area contributed by atoms with Crippen molar-refractivity contribution in [1.29, 1.82) is 5.26 Å². The first-order valence-corrected chi connectivity index (χ1v) is 12.2. The van der Waals surface area contributed by atoms with Gasteiger partial charge >= 0.3 is 6.01 Å². The number of hydrogen-bond donors (Lipinski definition) is 1. The summed E-state index contributed by atoms with van der Waals surface area (Å²) in [6.07, 6.45) is 3.48. The highest BCUT2D eigenvalue weighted by Gasteiger charge is 2.45. The van der Waals surface area contributed by atoms with Gasteiger partial charge < -0.3 is 19.9 Å². The summed E-state index contributed by atoms with van der Waals surface area (Å²) in [5.74, 6) is 0.966. The van der Waals surface area contributed by atoms with Crippen LogP contribution in [0, 0.1) is 11.3 Å². The first-order chi connectivity index (χ1) is 16.6. The van der Waals surface area contributed by atoms with E-state index in [2.05, 4.69) is 45.5 Å². The van der Waals surface area contributed by atoms with Gasteiger partial charge in [0.15, 0.2) is 0 Å². The van der Waals surface area contributed by atoms with Crippen molar-refractivity contribution in [3.63, 3.8) is 0 Å². The fraction of sp³-hybridized carbons (Fsp3) is 0.423. The monoisotopic (exact) mass is 474 g/mol. The Morgan fingerprint density at radius 2 is 2.09 bits per heavy atom. The number of halogens is 1. The predicted octanol–water partition coefficient (Wildman–Crippen LogP) is 4.08. The molecular weight excluding hydrogens is 448 g/mol. The zero-order valence-electron chi connectivity index (χ0n) is 19.2. The molecule has 34 heavy (non-hydrogen) atoms. The van der Waals surface area contributed by atoms with Gasteiger partial charge in [0.2, 0.25) is 0 Å². The molecule has 2 atom stereocenters. The lowest BCUT2D eigenvalue weighted by Crippen LogP contribution is -2.60. The Balaban J connectivity index is 1.37. The van der Waals surface area contributed by atoms with Crippen molar-refractivity contribution in [2.24, 2.45) is 0 Å². The van der Waals surface area contributed by atoms with Gasteiger partial charge in [0, 0.05) is 47.9 Å². The minimum atomic E-state index is -0.150. The molecule has 3 aromatic rings. The average Bonchev–Trinajstić information content (AvgIpc) is 3.16. The third-order valence-electron chi connectivity index (χ3n) is 7.51. The molecule has 2 unspecified atom stereocenters. The normalized spacial score (nSPS) is 23.6. The van der Waals surface area contributed by atoms with Crippen LogP contribution in [0.5, 0.6) is 6.01 Å². The van der Waals surface area contributed by atoms with Crippen LogP contribution < -0.4 is 19.9 Å². The van der Waals surface area contributed by atoms with E-state index >= 15 is 0 Å². The van der Waals surface area contributed by atoms with Crippen LogP contribution in [-0.2, 0) is 13.0 Å². The van der Waals surface area contributed by atoms with Gasteiger partial charge in [0.1, 0.15) is 5.82 Å². The van der Waals surface area contributed by atoms with E-state index in [0.717, 1.165) is 71.9 Å². The lowest BCUT2D eigenvalue weighted by atomic mass is 9.93. The molecule has 8 heteroatoms. The molecule has 0 saturated carbocycles. The van der Waals surface area contributed by atoms with E-state index in [1.807, 2.05) is 12.1 Å². The maximum Gasteiger partial charge on any atom is 0.318 e. The van der Waals surface area contributed by atoms with Crippen molar-refractivity contribution in [1.82, 2.24) is 15.3 Å². The summed E-state index contributed by atoms with van der Waals surface area (Å²) < 4.78 is 5.53. The number of nitriles is 1. The van der Waals surface area contributed by atoms with Crippen LogP contribution in [0.4, 0.5) is 11.5 Å². The summed E-state index contributed by atoms with van der Waals surface area (Å²) in [5.41, 5.74) is 3.17. The summed E-state index contributed by atoms with van der Waals surface area (Å²) in [5, 5.41) is 16.1. The van der Waals surface area contributed by atoms with E-state index in [9.17, 15) is 5.26 Å². The van der Waals surface area contributed by atoms with Crippen molar-refractivity contribution < 1.29 is 4.74 Å². The topological polar surface area (TPSA) is 77.3 Å². The molecule has 4 heterocycles. The van der Waals surface area contributed by atoms with Gasteiger partial charge in [-0.2, -0.15) is 15.2 Å². The van der Waals surface area contributed by atoms with Crippen LogP contribution in [0.1, 0.15) is 30.5 Å². The van der Waals surface area contributed by atoms with Gasteiger partial charge in [-0.3, -0.25) is 0 Å². The maximum absolute atomic E-state index is 9.43. The van der Waals surface area contributed by atoms with E-state index in [4.69, 9.17) is 26.3 Å². The smallest absolute Gasteiger partial charge is 0.318 e. The molecule has 6 rings (SSSR count). The highest BCUT2D eigenvalue weighted by molar-refractivity contribution is 6.36. The second-order valence-corrected chi connectivity index (χ2v) is 10.0. The number of ether oxygens (including phenoxy) is 1. The Kier molecular flexibility index (Phi) is 5.23. The lowest BCUT2D eigenvalue weighted by molar-refractivity contribution is 0.323. The zero-order valence-corrected chi connectivity index (χ0v) is 20.0. The van der Waals surface area contributed by atoms with Gasteiger partial charge in [0.05, 0.1) is 36.9 Å². The fourth-order valence-electron chi connectivity index (χ4n) is 5.98. The number of nitrogens with one attached hydrogen (secondary N) is 1. The van der Waals surface area contributed by atoms with Crippen LogP contribution in [0.3, 0.4) is 0 Å². The van der Waals surface area contributed by atoms with Gasteiger partial charge in [0.25, 0.3) is 0 Å². The minimum Gasteiger partial charge on any atom is -0.467 e. The molecule has 3 aliphatic rings. The molecular formula is C26H27ClN6O. The summed E-state index contributed by atoms with van der Waals surface area (Å²) in [7, 11) is 1.62. The van der Waals surface area contributed by atoms with Crippen LogP contribution in [0.15, 0.2) is 36.4 Å². The summed E-state index contributed by atoms with van der Waals surface area (Å²) in [6.45, 7) is 3.21. The number of anilines is 2. The maximum atomic E-state index is 9.43. The Morgan fingerprint density at radius 1 is 1.24 bits per heavy atom. The number of aromatic nitrogens is 2. The lowest BCUT2D eigenvalue weighted by Gasteiger charge is -2.42. The zero-order chi connectivity index (χ0) is 23.3. The third kappa shape index (κ3) is 3.53. The number of piperazine rings is 1. The number of fused-ring (bicyclic) bond motifs is 4. The summed E-state index contributed by atoms with van der Waals surface area (Å²) >= 11 is 6.62. The number of rotatable bonds is 4. The molecule has 7 nitrogen and oxygen atoms in total. The van der Waals surface area contributed by atoms with E-state index < -0.39 is 0 Å². The number of methoxy groups -OCH3 is 1. The Labute approximate surface area is 204 Å². The second kappa shape index (κ2) is 8.30. The Morgan fingerprint density at radius 3 is 2.91 bits per heavy atom. The number of nitrogens with zero attached hydrogens (tertiary/aromatic N) is 5. The van der Waals surface area contributed by atoms with Crippen molar-refractivity contribution in [3.05, 3.63) is 52.7 Å². The number of hydrogen-bond acceptors (Lipinski definition) is 7. The summed E-state index contributed by atoms with van der Waals surface area (Å²) in [4.78, 5) is 14.3. The van der Waals surface area contributed by atoms with Gasteiger partial charge in [-0.05, 0) is 36.8 Å². The van der Waals surface area contributed by atoms with E-state index in [1.54, 1.807) is 7.11 Å². The van der Waals surface area contributed by atoms with Gasteiger partial charge in [-0.25, -0.2) is 0 Å². The number of benzene rings is 2. The molecule has 0 aliphatic carbocycles. The molecule has 2 saturated heterocycles. The molecule has 0 radical (unpaired) electrons. The SMILES string of the molecule is COc1nc2c(c(N3CC4CCC(CC#N)(C3)N4)n1)CCN(c1cccc3cccc(Cl)c13)C2. The largest absolute Gasteiger partial charge is 0.467 e. The quantitative estimate of drug-likeness (QED) is 0.610. The van der Waals surface area contributed by atoms with Gasteiger partial charge in [-0.1, -0.05) is 35.9 Å². The van der Waals surface area contributed by atoms with Crippen LogP contribution in [-0.4, -0.2) is 48.3 Å². The Bertz CT molecular complexity index is 1300. The standard InChI is InChI=1S/C26H27ClN6O/c1-34-25-29-21-15-32(22-7-3-5-17-4-2-6-20(27)23(17)22)13-9-19(21)24(30-25)33-14-18-8-10-26(16-33,31-18)11-12-28/h2-7,18,31H,8-11,13-16H2,1H3. The second-order valence-electron chi connectivity index (χ2n) is 9.62. The average molecular weight is 475 g/mol. The molecule has 2 fully saturated rings. The Hall–Kier alpha value is -3.08. The van der Waals surface area contributed by atoms with Crippen molar-refractivity contribution in [3.8, 4) is 12.1 Å². The third-order valence-corrected chi connectivity index (χ3v) is 7.83. The molecule has 2 aromatic carbocycles. The molecule has 1 aromatic heterocycles. The molecule has 0 amide bonds. The molecule has 3 aliphatic heterocycles. The molecule has 2 bridgehead atoms. The summed E-state index contributed by atoms with van der Waals surface area (Å²) in [6, 6.07) is 15.5. The van der Waals surface area contributed by atoms with Crippen LogP contribution >= 0.6 is 11.6 Å². The first kappa shape index (κ1) is 21.5. The van der Waals surface area contributed by atoms with Crippen molar-refractivity contribution >= 4 is 33.9 Å². The molecule has 1 N–H and O–H groups in total. The van der Waals surface area contributed by atoms with E-state index in [0.29, 0.717) is 25.0 Å². The van der Waals surface area contributed by atoms with Crippen LogP contribution in [0.2, 0.25) is 5.02 Å². The fourth-order valence-corrected chi connectivity index (χ4v) is 6.26.